The highest BCUT2D eigenvalue weighted by molar-refractivity contribution is 5.92. The van der Waals surface area contributed by atoms with Gasteiger partial charge in [0.1, 0.15) is 5.75 Å². The zero-order chi connectivity index (χ0) is 18.4. The van der Waals surface area contributed by atoms with E-state index in [2.05, 4.69) is 9.84 Å². The van der Waals surface area contributed by atoms with Crippen molar-refractivity contribution in [1.82, 2.24) is 5.43 Å². The van der Waals surface area contributed by atoms with Crippen molar-refractivity contribution in [3.05, 3.63) is 69.2 Å². The maximum Gasteiger partial charge on any atom is 0.387 e. The van der Waals surface area contributed by atoms with Gasteiger partial charge in [-0.15, -0.1) is 0 Å². The molecule has 130 valence electrons. The number of carbonyl (C=O) groups excluding carboxylic acids is 1. The van der Waals surface area contributed by atoms with Crippen molar-refractivity contribution in [3.63, 3.8) is 0 Å². The monoisotopic (exact) mass is 352 g/mol. The largest absolute Gasteiger partial charge is 0.618 e. The molecule has 0 spiro atoms. The third-order valence-corrected chi connectivity index (χ3v) is 2.85. The van der Waals surface area contributed by atoms with Crippen molar-refractivity contribution in [2.75, 3.05) is 0 Å². The highest BCUT2D eigenvalue weighted by Crippen LogP contribution is 2.24. The number of ether oxygens (including phenoxy) is 1. The first-order valence-electron chi connectivity index (χ1n) is 6.63. The number of carbonyl (C=O) groups is 1. The Morgan fingerprint density at radius 2 is 2.12 bits per heavy atom. The van der Waals surface area contributed by atoms with E-state index in [1.54, 1.807) is 0 Å². The number of nitro benzene ring substituents is 1. The van der Waals surface area contributed by atoms with Crippen LogP contribution in [-0.2, 0) is 0 Å². The number of nitro groups is 1. The number of hydrazone groups is 1. The summed E-state index contributed by atoms with van der Waals surface area (Å²) in [5.74, 6) is -1.22. The fourth-order valence-electron chi connectivity index (χ4n) is 1.78. The summed E-state index contributed by atoms with van der Waals surface area (Å²) in [6.45, 7) is -3.15. The first kappa shape index (κ1) is 17.7. The highest BCUT2D eigenvalue weighted by atomic mass is 19.3. The van der Waals surface area contributed by atoms with Gasteiger partial charge < -0.3 is 9.94 Å². The molecule has 25 heavy (non-hydrogen) atoms. The normalized spacial score (nSPS) is 10.8. The molecule has 0 aliphatic heterocycles. The SMILES string of the molecule is O=C(N/N=C\c1cc([N+](=O)[O-])ccc1OC(F)F)c1cccc[n+]1[O-]. The Morgan fingerprint density at radius 3 is 2.76 bits per heavy atom. The van der Waals surface area contributed by atoms with Gasteiger partial charge in [-0.1, -0.05) is 0 Å². The number of pyridine rings is 1. The lowest BCUT2D eigenvalue weighted by molar-refractivity contribution is -0.607. The van der Waals surface area contributed by atoms with Crippen LogP contribution in [0.3, 0.4) is 0 Å². The maximum atomic E-state index is 12.4. The van der Waals surface area contributed by atoms with Gasteiger partial charge in [0, 0.05) is 29.8 Å². The molecule has 0 aliphatic carbocycles. The summed E-state index contributed by atoms with van der Waals surface area (Å²) in [6.07, 6.45) is 1.99. The van der Waals surface area contributed by atoms with Crippen LogP contribution < -0.4 is 14.9 Å². The smallest absolute Gasteiger partial charge is 0.387 e. The molecule has 0 bridgehead atoms. The second kappa shape index (κ2) is 7.77. The molecule has 0 saturated carbocycles. The van der Waals surface area contributed by atoms with Gasteiger partial charge in [-0.05, 0) is 12.1 Å². The van der Waals surface area contributed by atoms with Gasteiger partial charge in [-0.25, -0.2) is 5.43 Å². The zero-order valence-electron chi connectivity index (χ0n) is 12.3. The number of alkyl halides is 2. The van der Waals surface area contributed by atoms with E-state index in [4.69, 9.17) is 0 Å². The minimum absolute atomic E-state index is 0.155. The third-order valence-electron chi connectivity index (χ3n) is 2.85. The number of halogens is 2. The van der Waals surface area contributed by atoms with Crippen LogP contribution in [0.4, 0.5) is 14.5 Å². The van der Waals surface area contributed by atoms with E-state index in [-0.39, 0.29) is 22.7 Å². The predicted molar refractivity (Wildman–Crippen MR) is 80.2 cm³/mol. The van der Waals surface area contributed by atoms with E-state index >= 15 is 0 Å². The average Bonchev–Trinajstić information content (AvgIpc) is 2.55. The van der Waals surface area contributed by atoms with Crippen LogP contribution in [0.5, 0.6) is 5.75 Å². The molecule has 9 nitrogen and oxygen atoms in total. The fraction of sp³-hybridized carbons (Fsp3) is 0.0714. The number of aromatic nitrogens is 1. The number of nitrogens with zero attached hydrogens (tertiary/aromatic N) is 3. The summed E-state index contributed by atoms with van der Waals surface area (Å²) in [7, 11) is 0. The van der Waals surface area contributed by atoms with Crippen LogP contribution in [0.2, 0.25) is 0 Å². The molecular weight excluding hydrogens is 342 g/mol. The molecule has 0 fully saturated rings. The van der Waals surface area contributed by atoms with Crippen LogP contribution in [0, 0.1) is 15.3 Å². The Labute approximate surface area is 138 Å². The first-order chi connectivity index (χ1) is 11.9. The van der Waals surface area contributed by atoms with E-state index in [1.807, 2.05) is 5.43 Å². The van der Waals surface area contributed by atoms with Crippen molar-refractivity contribution in [1.29, 1.82) is 0 Å². The van der Waals surface area contributed by atoms with E-state index < -0.39 is 17.4 Å². The maximum absolute atomic E-state index is 12.4. The molecule has 1 N–H and O–H groups in total. The van der Waals surface area contributed by atoms with Gasteiger partial charge in [0.2, 0.25) is 0 Å². The molecule has 2 aromatic rings. The topological polar surface area (TPSA) is 121 Å². The number of hydrogen-bond acceptors (Lipinski definition) is 6. The molecule has 0 saturated heterocycles. The Kier molecular flexibility index (Phi) is 5.50. The summed E-state index contributed by atoms with van der Waals surface area (Å²) in [5.41, 5.74) is 1.23. The molecular formula is C14H10F2N4O5. The Bertz CT molecular complexity index is 829. The molecule has 0 atom stereocenters. The Morgan fingerprint density at radius 1 is 1.36 bits per heavy atom. The summed E-state index contributed by atoms with van der Waals surface area (Å²) >= 11 is 0. The number of benzene rings is 1. The Balaban J connectivity index is 2.21. The van der Waals surface area contributed by atoms with Crippen molar-refractivity contribution in [2.45, 2.75) is 6.61 Å². The highest BCUT2D eigenvalue weighted by Gasteiger charge is 2.15. The molecule has 0 radical (unpaired) electrons. The van der Waals surface area contributed by atoms with Gasteiger partial charge in [0.15, 0.2) is 6.20 Å². The predicted octanol–water partition coefficient (Wildman–Crippen LogP) is 1.59. The Hall–Kier alpha value is -3.63. The molecule has 0 aliphatic rings. The first-order valence-corrected chi connectivity index (χ1v) is 6.63. The molecule has 11 heteroatoms. The lowest BCUT2D eigenvalue weighted by Gasteiger charge is -2.07. The fourth-order valence-corrected chi connectivity index (χ4v) is 1.78. The quantitative estimate of drug-likeness (QED) is 0.278. The molecule has 1 aromatic heterocycles. The number of rotatable bonds is 6. The molecule has 0 unspecified atom stereocenters. The number of non-ortho nitro benzene ring substituents is 1. The van der Waals surface area contributed by atoms with Crippen molar-refractivity contribution in [3.8, 4) is 5.75 Å². The van der Waals surface area contributed by atoms with Crippen LogP contribution in [0.25, 0.3) is 0 Å². The van der Waals surface area contributed by atoms with Crippen LogP contribution >= 0.6 is 0 Å². The molecule has 1 aromatic carbocycles. The van der Waals surface area contributed by atoms with Crippen molar-refractivity contribution in [2.24, 2.45) is 5.10 Å². The van der Waals surface area contributed by atoms with Gasteiger partial charge in [0.05, 0.1) is 11.1 Å². The number of amides is 1. The lowest BCUT2D eigenvalue weighted by Crippen LogP contribution is -2.37. The van der Waals surface area contributed by atoms with E-state index in [0.717, 1.165) is 30.6 Å². The molecule has 1 heterocycles. The van der Waals surface area contributed by atoms with Crippen LogP contribution in [0.15, 0.2) is 47.7 Å². The minimum atomic E-state index is -3.15. The van der Waals surface area contributed by atoms with E-state index in [0.29, 0.717) is 4.73 Å². The number of nitrogens with one attached hydrogen (secondary N) is 1. The second-order valence-corrected chi connectivity index (χ2v) is 4.47. The molecule has 2 rings (SSSR count). The minimum Gasteiger partial charge on any atom is -0.618 e. The van der Waals surface area contributed by atoms with Gasteiger partial charge in [0.25, 0.3) is 11.4 Å². The summed E-state index contributed by atoms with van der Waals surface area (Å²) in [4.78, 5) is 21.8. The molecule has 1 amide bonds. The van der Waals surface area contributed by atoms with Crippen LogP contribution in [0.1, 0.15) is 16.1 Å². The summed E-state index contributed by atoms with van der Waals surface area (Å²) < 4.78 is 29.3. The van der Waals surface area contributed by atoms with Crippen LogP contribution in [-0.4, -0.2) is 23.7 Å². The van der Waals surface area contributed by atoms with E-state index in [9.17, 15) is 28.9 Å². The van der Waals surface area contributed by atoms with Gasteiger partial charge in [-0.2, -0.15) is 18.6 Å². The van der Waals surface area contributed by atoms with Crippen molar-refractivity contribution >= 4 is 17.8 Å². The van der Waals surface area contributed by atoms with Crippen molar-refractivity contribution < 1.29 is 28.0 Å². The third kappa shape index (κ3) is 4.67. The average molecular weight is 352 g/mol. The number of hydrogen-bond donors (Lipinski definition) is 1. The zero-order valence-corrected chi connectivity index (χ0v) is 12.3. The lowest BCUT2D eigenvalue weighted by atomic mass is 10.2. The van der Waals surface area contributed by atoms with E-state index in [1.165, 1.54) is 18.2 Å². The standard InChI is InChI=1S/C14H10F2N4O5/c15-14(16)25-12-5-4-10(20(23)24)7-9(12)8-17-18-13(21)11-3-1-2-6-19(11)22/h1-8,14H,(H,18,21)/b17-8-. The second-order valence-electron chi connectivity index (χ2n) is 4.47. The van der Waals surface area contributed by atoms with Gasteiger partial charge >= 0.3 is 12.5 Å². The van der Waals surface area contributed by atoms with Gasteiger partial charge in [-0.3, -0.25) is 14.9 Å². The summed E-state index contributed by atoms with van der Waals surface area (Å²) in [6, 6.07) is 7.04. The summed E-state index contributed by atoms with van der Waals surface area (Å²) in [5, 5.41) is 25.7.